The number of likely N-dealkylation sites (tertiary alicyclic amines) is 2. The summed E-state index contributed by atoms with van der Waals surface area (Å²) in [7, 11) is 0. The van der Waals surface area contributed by atoms with Crippen LogP contribution in [-0.4, -0.2) is 58.8 Å². The standard InChI is InChI=1S/C23H28FN3O2/c1-2-11-25-22(29)26-15-23(16-26)21(18-8-4-3-5-9-18)20(14-28)27(23)13-17-7-6-10-19(24)12-17/h3-10,12,20-21,28H,2,11,13-16H2,1H3,(H,25,29)/t20-,21+/m1/s1. The molecule has 2 aliphatic rings. The highest BCUT2D eigenvalue weighted by molar-refractivity contribution is 5.76. The fourth-order valence-corrected chi connectivity index (χ4v) is 4.95. The van der Waals surface area contributed by atoms with E-state index in [0.29, 0.717) is 26.2 Å². The molecule has 2 aliphatic heterocycles. The summed E-state index contributed by atoms with van der Waals surface area (Å²) in [4.78, 5) is 16.5. The Morgan fingerprint density at radius 1 is 1.21 bits per heavy atom. The van der Waals surface area contributed by atoms with Gasteiger partial charge in [-0.15, -0.1) is 0 Å². The number of aliphatic hydroxyl groups excluding tert-OH is 1. The van der Waals surface area contributed by atoms with Crippen molar-refractivity contribution in [1.82, 2.24) is 15.1 Å². The van der Waals surface area contributed by atoms with Crippen molar-refractivity contribution in [3.8, 4) is 0 Å². The molecule has 2 amide bonds. The minimum atomic E-state index is -0.258. The Hall–Kier alpha value is -2.44. The quantitative estimate of drug-likeness (QED) is 0.788. The van der Waals surface area contributed by atoms with E-state index in [1.807, 2.05) is 36.1 Å². The van der Waals surface area contributed by atoms with Crippen LogP contribution in [0.15, 0.2) is 54.6 Å². The number of benzene rings is 2. The number of hydrogen-bond acceptors (Lipinski definition) is 3. The molecule has 2 aromatic carbocycles. The zero-order valence-corrected chi connectivity index (χ0v) is 16.7. The number of aliphatic hydroxyl groups is 1. The van der Waals surface area contributed by atoms with Gasteiger partial charge in [-0.25, -0.2) is 9.18 Å². The molecule has 1 spiro atoms. The molecule has 6 heteroatoms. The largest absolute Gasteiger partial charge is 0.395 e. The summed E-state index contributed by atoms with van der Waals surface area (Å²) in [5.74, 6) is -0.121. The maximum Gasteiger partial charge on any atom is 0.317 e. The Kier molecular flexibility index (Phi) is 5.56. The molecule has 0 bridgehead atoms. The number of nitrogens with zero attached hydrogens (tertiary/aromatic N) is 2. The summed E-state index contributed by atoms with van der Waals surface area (Å²) in [6.07, 6.45) is 0.898. The predicted octanol–water partition coefficient (Wildman–Crippen LogP) is 2.96. The maximum atomic E-state index is 13.7. The van der Waals surface area contributed by atoms with Crippen molar-refractivity contribution < 1.29 is 14.3 Å². The van der Waals surface area contributed by atoms with E-state index in [2.05, 4.69) is 22.3 Å². The SMILES string of the molecule is CCCNC(=O)N1CC2(C1)[C@@H](c1ccccc1)[C@@H](CO)N2Cc1cccc(F)c1. The number of hydrogen-bond donors (Lipinski definition) is 2. The molecule has 29 heavy (non-hydrogen) atoms. The Labute approximate surface area is 171 Å². The van der Waals surface area contributed by atoms with Crippen molar-refractivity contribution in [2.24, 2.45) is 0 Å². The molecule has 4 rings (SSSR count). The first-order chi connectivity index (χ1) is 14.1. The van der Waals surface area contributed by atoms with Gasteiger partial charge in [0.2, 0.25) is 0 Å². The van der Waals surface area contributed by atoms with Gasteiger partial charge in [0.25, 0.3) is 0 Å². The molecular formula is C23H28FN3O2. The van der Waals surface area contributed by atoms with Gasteiger partial charge in [-0.2, -0.15) is 0 Å². The van der Waals surface area contributed by atoms with Crippen LogP contribution in [0.3, 0.4) is 0 Å². The average Bonchev–Trinajstić information content (AvgIpc) is 2.69. The molecule has 2 aromatic rings. The van der Waals surface area contributed by atoms with Gasteiger partial charge in [-0.1, -0.05) is 49.4 Å². The van der Waals surface area contributed by atoms with E-state index in [1.54, 1.807) is 12.1 Å². The predicted molar refractivity (Wildman–Crippen MR) is 110 cm³/mol. The van der Waals surface area contributed by atoms with Gasteiger partial charge in [-0.3, -0.25) is 4.90 Å². The summed E-state index contributed by atoms with van der Waals surface area (Å²) >= 11 is 0. The lowest BCUT2D eigenvalue weighted by Gasteiger charge is -2.70. The molecule has 2 N–H and O–H groups in total. The zero-order chi connectivity index (χ0) is 20.4. The van der Waals surface area contributed by atoms with E-state index in [4.69, 9.17) is 0 Å². The number of halogens is 1. The van der Waals surface area contributed by atoms with Crippen molar-refractivity contribution in [1.29, 1.82) is 0 Å². The lowest BCUT2D eigenvalue weighted by atomic mass is 9.60. The summed E-state index contributed by atoms with van der Waals surface area (Å²) < 4.78 is 13.7. The fourth-order valence-electron chi connectivity index (χ4n) is 4.95. The number of nitrogens with one attached hydrogen (secondary N) is 1. The molecule has 0 aliphatic carbocycles. The van der Waals surface area contributed by atoms with Crippen LogP contribution in [0, 0.1) is 5.82 Å². The average molecular weight is 397 g/mol. The second-order valence-corrected chi connectivity index (χ2v) is 8.09. The lowest BCUT2D eigenvalue weighted by Crippen LogP contribution is -2.85. The zero-order valence-electron chi connectivity index (χ0n) is 16.7. The first-order valence-electron chi connectivity index (χ1n) is 10.3. The van der Waals surface area contributed by atoms with Crippen LogP contribution < -0.4 is 5.32 Å². The first-order valence-corrected chi connectivity index (χ1v) is 10.3. The maximum absolute atomic E-state index is 13.7. The van der Waals surface area contributed by atoms with Crippen LogP contribution >= 0.6 is 0 Å². The third-order valence-corrected chi connectivity index (χ3v) is 6.27. The molecular weight excluding hydrogens is 369 g/mol. The van der Waals surface area contributed by atoms with Gasteiger partial charge in [-0.05, 0) is 29.7 Å². The smallest absolute Gasteiger partial charge is 0.317 e. The van der Waals surface area contributed by atoms with Crippen molar-refractivity contribution in [2.45, 2.75) is 37.4 Å². The molecule has 2 heterocycles. The number of carbonyl (C=O) groups is 1. The Bertz CT molecular complexity index is 854. The van der Waals surface area contributed by atoms with Crippen LogP contribution in [0.25, 0.3) is 0 Å². The normalized spacial score (nSPS) is 22.8. The highest BCUT2D eigenvalue weighted by atomic mass is 19.1. The van der Waals surface area contributed by atoms with Crippen molar-refractivity contribution in [3.63, 3.8) is 0 Å². The summed E-state index contributed by atoms with van der Waals surface area (Å²) in [5, 5.41) is 13.1. The van der Waals surface area contributed by atoms with Crippen molar-refractivity contribution in [2.75, 3.05) is 26.2 Å². The number of rotatable bonds is 6. The minimum absolute atomic E-state index is 0.0264. The summed E-state index contributed by atoms with van der Waals surface area (Å²) in [6, 6.07) is 16.7. The molecule has 0 radical (unpaired) electrons. The number of amides is 2. The van der Waals surface area contributed by atoms with Gasteiger partial charge >= 0.3 is 6.03 Å². The highest BCUT2D eigenvalue weighted by Crippen LogP contribution is 2.54. The fraction of sp³-hybridized carbons (Fsp3) is 0.435. The number of carbonyl (C=O) groups excluding carboxylic acids is 1. The Morgan fingerprint density at radius 3 is 2.62 bits per heavy atom. The van der Waals surface area contributed by atoms with Crippen molar-refractivity contribution in [3.05, 3.63) is 71.5 Å². The van der Waals surface area contributed by atoms with Gasteiger partial charge in [0.05, 0.1) is 12.1 Å². The van der Waals surface area contributed by atoms with Gasteiger partial charge in [0.15, 0.2) is 0 Å². The van der Waals surface area contributed by atoms with Crippen LogP contribution in [0.5, 0.6) is 0 Å². The minimum Gasteiger partial charge on any atom is -0.395 e. The van der Waals surface area contributed by atoms with Crippen LogP contribution in [0.4, 0.5) is 9.18 Å². The van der Waals surface area contributed by atoms with Crippen LogP contribution in [0.2, 0.25) is 0 Å². The third-order valence-electron chi connectivity index (χ3n) is 6.27. The molecule has 5 nitrogen and oxygen atoms in total. The Morgan fingerprint density at radius 2 is 1.97 bits per heavy atom. The molecule has 154 valence electrons. The van der Waals surface area contributed by atoms with Gasteiger partial charge in [0, 0.05) is 38.1 Å². The highest BCUT2D eigenvalue weighted by Gasteiger charge is 2.66. The topological polar surface area (TPSA) is 55.8 Å². The van der Waals surface area contributed by atoms with E-state index >= 15 is 0 Å². The molecule has 0 unspecified atom stereocenters. The molecule has 0 saturated carbocycles. The molecule has 2 atom stereocenters. The third kappa shape index (κ3) is 3.51. The van der Waals surface area contributed by atoms with Gasteiger partial charge in [0.1, 0.15) is 5.82 Å². The summed E-state index contributed by atoms with van der Waals surface area (Å²) in [6.45, 7) is 4.48. The van der Waals surface area contributed by atoms with Crippen molar-refractivity contribution >= 4 is 6.03 Å². The van der Waals surface area contributed by atoms with E-state index < -0.39 is 0 Å². The van der Waals surface area contributed by atoms with E-state index in [1.165, 1.54) is 11.6 Å². The van der Waals surface area contributed by atoms with Crippen LogP contribution in [-0.2, 0) is 6.54 Å². The first kappa shape index (κ1) is 19.9. The van der Waals surface area contributed by atoms with E-state index in [0.717, 1.165) is 12.0 Å². The monoisotopic (exact) mass is 397 g/mol. The number of urea groups is 1. The molecule has 2 saturated heterocycles. The second kappa shape index (κ2) is 8.13. The Balaban J connectivity index is 1.59. The molecule has 2 fully saturated rings. The lowest BCUT2D eigenvalue weighted by molar-refractivity contribution is -0.183. The van der Waals surface area contributed by atoms with Crippen LogP contribution in [0.1, 0.15) is 30.4 Å². The summed E-state index contributed by atoms with van der Waals surface area (Å²) in [5.41, 5.74) is 1.82. The van der Waals surface area contributed by atoms with E-state index in [9.17, 15) is 14.3 Å². The van der Waals surface area contributed by atoms with E-state index in [-0.39, 0.29) is 36.0 Å². The van der Waals surface area contributed by atoms with Gasteiger partial charge < -0.3 is 15.3 Å². The second-order valence-electron chi connectivity index (χ2n) is 8.09. The molecule has 0 aromatic heterocycles.